The summed E-state index contributed by atoms with van der Waals surface area (Å²) in [6, 6.07) is 4.49. The maximum absolute atomic E-state index is 13.2. The summed E-state index contributed by atoms with van der Waals surface area (Å²) in [6.45, 7) is 1.90. The fourth-order valence-corrected chi connectivity index (χ4v) is 1.46. The third-order valence-electron chi connectivity index (χ3n) is 2.23. The Bertz CT molecular complexity index is 301. The SMILES string of the molecule is CCC(O)CCc1cc(Cl)ccc1F. The zero-order valence-corrected chi connectivity index (χ0v) is 8.89. The number of benzene rings is 1. The van der Waals surface area contributed by atoms with Gasteiger partial charge in [-0.3, -0.25) is 0 Å². The van der Waals surface area contributed by atoms with Crippen molar-refractivity contribution in [2.45, 2.75) is 32.3 Å². The lowest BCUT2D eigenvalue weighted by Crippen LogP contribution is -2.06. The molecule has 0 aliphatic heterocycles. The molecule has 0 bridgehead atoms. The molecule has 1 rings (SSSR count). The molecule has 0 aliphatic carbocycles. The van der Waals surface area contributed by atoms with Gasteiger partial charge in [0.15, 0.2) is 0 Å². The summed E-state index contributed by atoms with van der Waals surface area (Å²) in [4.78, 5) is 0. The van der Waals surface area contributed by atoms with E-state index in [1.165, 1.54) is 12.1 Å². The molecule has 0 radical (unpaired) electrons. The molecule has 1 unspecified atom stereocenters. The summed E-state index contributed by atoms with van der Waals surface area (Å²) in [7, 11) is 0. The number of aliphatic hydroxyl groups excluding tert-OH is 1. The summed E-state index contributed by atoms with van der Waals surface area (Å²) in [5, 5.41) is 9.86. The standard InChI is InChI=1S/C11H14ClFO/c1-2-10(14)5-3-8-7-9(12)4-6-11(8)13/h4,6-7,10,14H,2-3,5H2,1H3. The predicted octanol–water partition coefficient (Wildman–Crippen LogP) is 3.18. The Kier molecular flexibility index (Phi) is 4.36. The van der Waals surface area contributed by atoms with Crippen LogP contribution in [0.2, 0.25) is 5.02 Å². The van der Waals surface area contributed by atoms with Crippen molar-refractivity contribution in [3.8, 4) is 0 Å². The van der Waals surface area contributed by atoms with Gasteiger partial charge in [-0.05, 0) is 43.0 Å². The van der Waals surface area contributed by atoms with Gasteiger partial charge in [0.1, 0.15) is 5.82 Å². The Balaban J connectivity index is 2.62. The van der Waals surface area contributed by atoms with Crippen molar-refractivity contribution in [1.82, 2.24) is 0 Å². The van der Waals surface area contributed by atoms with E-state index in [9.17, 15) is 9.50 Å². The molecule has 1 nitrogen and oxygen atoms in total. The zero-order chi connectivity index (χ0) is 10.6. The first-order valence-electron chi connectivity index (χ1n) is 4.75. The first-order valence-corrected chi connectivity index (χ1v) is 5.13. The number of hydrogen-bond donors (Lipinski definition) is 1. The van der Waals surface area contributed by atoms with E-state index in [0.29, 0.717) is 29.8 Å². The zero-order valence-electron chi connectivity index (χ0n) is 8.13. The monoisotopic (exact) mass is 216 g/mol. The maximum Gasteiger partial charge on any atom is 0.126 e. The second kappa shape index (κ2) is 5.32. The van der Waals surface area contributed by atoms with Gasteiger partial charge in [-0.2, -0.15) is 0 Å². The maximum atomic E-state index is 13.2. The summed E-state index contributed by atoms with van der Waals surface area (Å²) >= 11 is 5.74. The van der Waals surface area contributed by atoms with Crippen LogP contribution in [0.1, 0.15) is 25.3 Å². The minimum atomic E-state index is -0.353. The van der Waals surface area contributed by atoms with Gasteiger partial charge in [0, 0.05) is 5.02 Å². The van der Waals surface area contributed by atoms with E-state index in [-0.39, 0.29) is 11.9 Å². The van der Waals surface area contributed by atoms with Gasteiger partial charge in [0.25, 0.3) is 0 Å². The van der Waals surface area contributed by atoms with Crippen LogP contribution in [0.3, 0.4) is 0 Å². The molecule has 0 amide bonds. The summed E-state index contributed by atoms with van der Waals surface area (Å²) in [5.74, 6) is -0.252. The van der Waals surface area contributed by atoms with Crippen molar-refractivity contribution in [3.05, 3.63) is 34.6 Å². The number of aryl methyl sites for hydroxylation is 1. The number of halogens is 2. The molecule has 1 aromatic rings. The van der Waals surface area contributed by atoms with Gasteiger partial charge < -0.3 is 5.11 Å². The molecule has 0 spiro atoms. The van der Waals surface area contributed by atoms with Crippen molar-refractivity contribution >= 4 is 11.6 Å². The molecule has 1 N–H and O–H groups in total. The smallest absolute Gasteiger partial charge is 0.126 e. The second-order valence-electron chi connectivity index (χ2n) is 3.34. The second-order valence-corrected chi connectivity index (χ2v) is 3.77. The topological polar surface area (TPSA) is 20.2 Å². The van der Waals surface area contributed by atoms with E-state index in [1.54, 1.807) is 6.07 Å². The van der Waals surface area contributed by atoms with Crippen molar-refractivity contribution in [1.29, 1.82) is 0 Å². The largest absolute Gasteiger partial charge is 0.393 e. The van der Waals surface area contributed by atoms with E-state index >= 15 is 0 Å². The molecule has 0 aromatic heterocycles. The molecular weight excluding hydrogens is 203 g/mol. The molecule has 1 aromatic carbocycles. The molecule has 1 atom stereocenters. The fourth-order valence-electron chi connectivity index (χ4n) is 1.26. The van der Waals surface area contributed by atoms with Crippen LogP contribution in [0.25, 0.3) is 0 Å². The Morgan fingerprint density at radius 2 is 2.21 bits per heavy atom. The fraction of sp³-hybridized carbons (Fsp3) is 0.455. The Labute approximate surface area is 88.5 Å². The normalized spacial score (nSPS) is 12.9. The number of rotatable bonds is 4. The minimum Gasteiger partial charge on any atom is -0.393 e. The van der Waals surface area contributed by atoms with Crippen molar-refractivity contribution < 1.29 is 9.50 Å². The van der Waals surface area contributed by atoms with Gasteiger partial charge in [-0.15, -0.1) is 0 Å². The lowest BCUT2D eigenvalue weighted by atomic mass is 10.1. The highest BCUT2D eigenvalue weighted by Crippen LogP contribution is 2.17. The van der Waals surface area contributed by atoms with Crippen LogP contribution < -0.4 is 0 Å². The molecule has 14 heavy (non-hydrogen) atoms. The average Bonchev–Trinajstić information content (AvgIpc) is 2.19. The van der Waals surface area contributed by atoms with Crippen LogP contribution in [0.5, 0.6) is 0 Å². The quantitative estimate of drug-likeness (QED) is 0.820. The molecule has 3 heteroatoms. The first-order chi connectivity index (χ1) is 6.63. The van der Waals surface area contributed by atoms with Crippen molar-refractivity contribution in [3.63, 3.8) is 0 Å². The van der Waals surface area contributed by atoms with Gasteiger partial charge in [0.2, 0.25) is 0 Å². The molecule has 0 fully saturated rings. The van der Waals surface area contributed by atoms with E-state index in [1.807, 2.05) is 6.92 Å². The number of aliphatic hydroxyl groups is 1. The highest BCUT2D eigenvalue weighted by molar-refractivity contribution is 6.30. The molecule has 0 saturated carbocycles. The predicted molar refractivity (Wildman–Crippen MR) is 56.0 cm³/mol. The van der Waals surface area contributed by atoms with Crippen LogP contribution in [-0.2, 0) is 6.42 Å². The van der Waals surface area contributed by atoms with Crippen LogP contribution in [0.15, 0.2) is 18.2 Å². The summed E-state index contributed by atoms with van der Waals surface area (Å²) < 4.78 is 13.2. The van der Waals surface area contributed by atoms with E-state index < -0.39 is 0 Å². The van der Waals surface area contributed by atoms with E-state index in [2.05, 4.69) is 0 Å². The highest BCUT2D eigenvalue weighted by atomic mass is 35.5. The Morgan fingerprint density at radius 3 is 2.86 bits per heavy atom. The van der Waals surface area contributed by atoms with Gasteiger partial charge in [0.05, 0.1) is 6.10 Å². The number of hydrogen-bond acceptors (Lipinski definition) is 1. The lowest BCUT2D eigenvalue weighted by molar-refractivity contribution is 0.160. The summed E-state index contributed by atoms with van der Waals surface area (Å²) in [6.07, 6.45) is 1.45. The molecule has 78 valence electrons. The van der Waals surface area contributed by atoms with Crippen LogP contribution in [0, 0.1) is 5.82 Å². The third-order valence-corrected chi connectivity index (χ3v) is 2.46. The van der Waals surface area contributed by atoms with Crippen LogP contribution in [0.4, 0.5) is 4.39 Å². The van der Waals surface area contributed by atoms with Crippen molar-refractivity contribution in [2.24, 2.45) is 0 Å². The van der Waals surface area contributed by atoms with Gasteiger partial charge in [-0.25, -0.2) is 4.39 Å². The minimum absolute atomic E-state index is 0.252. The van der Waals surface area contributed by atoms with Gasteiger partial charge >= 0.3 is 0 Å². The molecule has 0 saturated heterocycles. The first kappa shape index (κ1) is 11.5. The van der Waals surface area contributed by atoms with Crippen molar-refractivity contribution in [2.75, 3.05) is 0 Å². The molecule has 0 aliphatic rings. The molecule has 0 heterocycles. The lowest BCUT2D eigenvalue weighted by Gasteiger charge is -2.08. The average molecular weight is 217 g/mol. The van der Waals surface area contributed by atoms with Crippen LogP contribution >= 0.6 is 11.6 Å². The van der Waals surface area contributed by atoms with Crippen LogP contribution in [-0.4, -0.2) is 11.2 Å². The van der Waals surface area contributed by atoms with E-state index in [0.717, 1.165) is 0 Å². The third kappa shape index (κ3) is 3.28. The Morgan fingerprint density at radius 1 is 1.50 bits per heavy atom. The Hall–Kier alpha value is -0.600. The summed E-state index contributed by atoms with van der Waals surface area (Å²) in [5.41, 5.74) is 0.574. The highest BCUT2D eigenvalue weighted by Gasteiger charge is 2.06. The molecular formula is C11H14ClFO. The van der Waals surface area contributed by atoms with E-state index in [4.69, 9.17) is 11.6 Å². The van der Waals surface area contributed by atoms with Gasteiger partial charge in [-0.1, -0.05) is 18.5 Å².